The predicted molar refractivity (Wildman–Crippen MR) is 115 cm³/mol. The topological polar surface area (TPSA) is 75.6 Å². The van der Waals surface area contributed by atoms with E-state index in [9.17, 15) is 14.7 Å². The third-order valence-corrected chi connectivity index (χ3v) is 6.94. The van der Waals surface area contributed by atoms with Crippen molar-refractivity contribution in [1.82, 2.24) is 5.32 Å². The Balaban J connectivity index is 1.49. The van der Waals surface area contributed by atoms with E-state index >= 15 is 0 Å². The highest BCUT2D eigenvalue weighted by molar-refractivity contribution is 5.79. The molecule has 3 unspecified atom stereocenters. The first-order valence-corrected chi connectivity index (χ1v) is 10.7. The van der Waals surface area contributed by atoms with Crippen LogP contribution in [0.1, 0.15) is 56.6 Å². The van der Waals surface area contributed by atoms with E-state index < -0.39 is 17.6 Å². The first-order valence-electron chi connectivity index (χ1n) is 10.7. The molecular weight excluding hydrogens is 378 g/mol. The molecule has 4 rings (SSSR count). The summed E-state index contributed by atoms with van der Waals surface area (Å²) >= 11 is 0. The van der Waals surface area contributed by atoms with Crippen molar-refractivity contribution < 1.29 is 19.4 Å². The summed E-state index contributed by atoms with van der Waals surface area (Å²) in [6.45, 7) is 4.44. The Kier molecular flexibility index (Phi) is 5.54. The smallest absolute Gasteiger partial charge is 0.407 e. The van der Waals surface area contributed by atoms with Crippen molar-refractivity contribution in [1.29, 1.82) is 0 Å². The van der Waals surface area contributed by atoms with Gasteiger partial charge in [-0.05, 0) is 53.4 Å². The quantitative estimate of drug-likeness (QED) is 0.715. The summed E-state index contributed by atoms with van der Waals surface area (Å²) in [5.41, 5.74) is 3.93. The van der Waals surface area contributed by atoms with Gasteiger partial charge in [-0.2, -0.15) is 0 Å². The molecule has 3 atom stereocenters. The average molecular weight is 408 g/mol. The van der Waals surface area contributed by atoms with E-state index in [2.05, 4.69) is 36.5 Å². The molecule has 0 heterocycles. The fourth-order valence-corrected chi connectivity index (χ4v) is 5.30. The van der Waals surface area contributed by atoms with Gasteiger partial charge in [-0.3, -0.25) is 4.79 Å². The fraction of sp³-hybridized carbons (Fsp3) is 0.440. The number of carbonyl (C=O) groups excluding carboxylic acids is 1. The maximum absolute atomic E-state index is 12.8. The van der Waals surface area contributed by atoms with E-state index in [-0.39, 0.29) is 24.9 Å². The lowest BCUT2D eigenvalue weighted by atomic mass is 9.68. The van der Waals surface area contributed by atoms with Gasteiger partial charge in [0.25, 0.3) is 0 Å². The molecule has 2 N–H and O–H groups in total. The van der Waals surface area contributed by atoms with Crippen LogP contribution >= 0.6 is 0 Å². The number of amides is 1. The number of aliphatic carboxylic acids is 1. The number of carbonyl (C=O) groups is 2. The van der Waals surface area contributed by atoms with Gasteiger partial charge >= 0.3 is 12.1 Å². The highest BCUT2D eigenvalue weighted by atomic mass is 16.5. The second-order valence-corrected chi connectivity index (χ2v) is 8.96. The van der Waals surface area contributed by atoms with Gasteiger partial charge in [-0.25, -0.2) is 4.79 Å². The molecule has 2 aromatic rings. The van der Waals surface area contributed by atoms with Gasteiger partial charge in [-0.15, -0.1) is 0 Å². The zero-order chi connectivity index (χ0) is 21.3. The number of fused-ring (bicyclic) bond motifs is 3. The number of benzene rings is 2. The van der Waals surface area contributed by atoms with Crippen molar-refractivity contribution in [2.75, 3.05) is 6.61 Å². The maximum Gasteiger partial charge on any atom is 0.407 e. The number of alkyl carbamates (subject to hydrolysis) is 1. The van der Waals surface area contributed by atoms with E-state index in [1.165, 1.54) is 11.1 Å². The SMILES string of the molecule is CC1CCC(CC(=O)O)(NC(=O)OCC2c3ccccc3-c3ccccc32)C(C)C1. The Morgan fingerprint density at radius 1 is 1.07 bits per heavy atom. The summed E-state index contributed by atoms with van der Waals surface area (Å²) in [6, 6.07) is 16.4. The van der Waals surface area contributed by atoms with Crippen LogP contribution in [-0.2, 0) is 9.53 Å². The number of carboxylic acid groups (broad SMARTS) is 1. The van der Waals surface area contributed by atoms with E-state index in [0.717, 1.165) is 24.0 Å². The molecule has 5 heteroatoms. The molecule has 2 aliphatic rings. The Morgan fingerprint density at radius 3 is 2.23 bits per heavy atom. The average Bonchev–Trinajstić information content (AvgIpc) is 3.03. The minimum Gasteiger partial charge on any atom is -0.481 e. The molecule has 0 spiro atoms. The summed E-state index contributed by atoms with van der Waals surface area (Å²) in [4.78, 5) is 24.3. The van der Waals surface area contributed by atoms with Crippen molar-refractivity contribution in [3.63, 3.8) is 0 Å². The molecule has 0 bridgehead atoms. The summed E-state index contributed by atoms with van der Waals surface area (Å²) in [6.07, 6.45) is 1.86. The van der Waals surface area contributed by atoms with Gasteiger partial charge in [0.15, 0.2) is 0 Å². The van der Waals surface area contributed by atoms with Crippen molar-refractivity contribution in [2.45, 2.75) is 51.0 Å². The third kappa shape index (κ3) is 3.81. The van der Waals surface area contributed by atoms with Gasteiger partial charge in [0.2, 0.25) is 0 Å². The van der Waals surface area contributed by atoms with Gasteiger partial charge in [0.05, 0.1) is 12.0 Å². The summed E-state index contributed by atoms with van der Waals surface area (Å²) < 4.78 is 5.68. The number of hydrogen-bond acceptors (Lipinski definition) is 3. The van der Waals surface area contributed by atoms with Crippen LogP contribution in [0.25, 0.3) is 11.1 Å². The minimum atomic E-state index is -0.893. The van der Waals surface area contributed by atoms with Crippen LogP contribution in [-0.4, -0.2) is 29.3 Å². The van der Waals surface area contributed by atoms with Crippen molar-refractivity contribution >= 4 is 12.1 Å². The first kappa shape index (κ1) is 20.5. The van der Waals surface area contributed by atoms with Crippen LogP contribution in [0.3, 0.4) is 0 Å². The first-order chi connectivity index (χ1) is 14.4. The highest BCUT2D eigenvalue weighted by Crippen LogP contribution is 2.44. The Bertz CT molecular complexity index is 910. The molecular formula is C25H29NO4. The molecule has 2 aliphatic carbocycles. The molecule has 1 fully saturated rings. The van der Waals surface area contributed by atoms with E-state index in [4.69, 9.17) is 4.74 Å². The van der Waals surface area contributed by atoms with E-state index in [0.29, 0.717) is 12.3 Å². The molecule has 0 aromatic heterocycles. The van der Waals surface area contributed by atoms with Crippen molar-refractivity contribution in [2.24, 2.45) is 11.8 Å². The van der Waals surface area contributed by atoms with Crippen LogP contribution in [0.5, 0.6) is 0 Å². The van der Waals surface area contributed by atoms with Crippen LogP contribution in [0, 0.1) is 11.8 Å². The van der Waals surface area contributed by atoms with Crippen LogP contribution in [0.15, 0.2) is 48.5 Å². The lowest BCUT2D eigenvalue weighted by Crippen LogP contribution is -2.56. The number of nitrogens with one attached hydrogen (secondary N) is 1. The van der Waals surface area contributed by atoms with E-state index in [1.54, 1.807) is 0 Å². The molecule has 0 saturated heterocycles. The molecule has 0 radical (unpaired) electrons. The zero-order valence-corrected chi connectivity index (χ0v) is 17.6. The Hall–Kier alpha value is -2.82. The summed E-state index contributed by atoms with van der Waals surface area (Å²) in [7, 11) is 0. The zero-order valence-electron chi connectivity index (χ0n) is 17.6. The third-order valence-electron chi connectivity index (χ3n) is 6.94. The Morgan fingerprint density at radius 2 is 1.67 bits per heavy atom. The molecule has 30 heavy (non-hydrogen) atoms. The van der Waals surface area contributed by atoms with E-state index in [1.807, 2.05) is 31.2 Å². The number of carboxylic acids is 1. The number of rotatable bonds is 5. The van der Waals surface area contributed by atoms with Gasteiger partial charge in [0.1, 0.15) is 6.61 Å². The van der Waals surface area contributed by atoms with Crippen LogP contribution in [0.4, 0.5) is 4.79 Å². The fourth-order valence-electron chi connectivity index (χ4n) is 5.30. The summed E-state index contributed by atoms with van der Waals surface area (Å²) in [5.74, 6) is -0.290. The highest BCUT2D eigenvalue weighted by Gasteiger charge is 2.43. The van der Waals surface area contributed by atoms with Gasteiger partial charge < -0.3 is 15.2 Å². The van der Waals surface area contributed by atoms with Crippen LogP contribution in [0.2, 0.25) is 0 Å². The summed E-state index contributed by atoms with van der Waals surface area (Å²) in [5, 5.41) is 12.4. The molecule has 158 valence electrons. The second kappa shape index (κ2) is 8.13. The number of hydrogen-bond donors (Lipinski definition) is 2. The normalized spacial score (nSPS) is 25.3. The maximum atomic E-state index is 12.8. The molecule has 2 aromatic carbocycles. The monoisotopic (exact) mass is 407 g/mol. The minimum absolute atomic E-state index is 0.0117. The molecule has 5 nitrogen and oxygen atoms in total. The number of ether oxygens (including phenoxy) is 1. The lowest BCUT2D eigenvalue weighted by molar-refractivity contribution is -0.139. The van der Waals surface area contributed by atoms with Crippen molar-refractivity contribution in [3.05, 3.63) is 59.7 Å². The largest absolute Gasteiger partial charge is 0.481 e. The van der Waals surface area contributed by atoms with Crippen LogP contribution < -0.4 is 5.32 Å². The van der Waals surface area contributed by atoms with Crippen molar-refractivity contribution in [3.8, 4) is 11.1 Å². The predicted octanol–water partition coefficient (Wildman–Crippen LogP) is 5.19. The van der Waals surface area contributed by atoms with Gasteiger partial charge in [0, 0.05) is 5.92 Å². The van der Waals surface area contributed by atoms with Gasteiger partial charge in [-0.1, -0.05) is 62.4 Å². The lowest BCUT2D eigenvalue weighted by Gasteiger charge is -2.44. The standard InChI is InChI=1S/C25H29NO4/c1-16-11-12-25(14-23(27)28,17(2)13-16)26-24(29)30-15-22-20-9-5-3-7-18(20)19-8-4-6-10-21(19)22/h3-10,16-17,22H,11-15H2,1-2H3,(H,26,29)(H,27,28). The Labute approximate surface area is 177 Å². The molecule has 1 saturated carbocycles. The molecule has 0 aliphatic heterocycles. The second-order valence-electron chi connectivity index (χ2n) is 8.96. The molecule has 1 amide bonds.